The van der Waals surface area contributed by atoms with E-state index >= 15 is 0 Å². The fourth-order valence-electron chi connectivity index (χ4n) is 4.04. The zero-order valence-electron chi connectivity index (χ0n) is 22.5. The summed E-state index contributed by atoms with van der Waals surface area (Å²) in [6.45, 7) is 8.98. The fraction of sp³-hybridized carbons (Fsp3) is 0.393. The third kappa shape index (κ3) is 7.79. The van der Waals surface area contributed by atoms with Crippen molar-refractivity contribution in [1.29, 1.82) is 0 Å². The molecule has 3 aromatic rings. The summed E-state index contributed by atoms with van der Waals surface area (Å²) in [7, 11) is 0. The van der Waals surface area contributed by atoms with E-state index in [9.17, 15) is 14.4 Å². The summed E-state index contributed by atoms with van der Waals surface area (Å²) in [5, 5.41) is 6.24. The van der Waals surface area contributed by atoms with Crippen LogP contribution in [-0.2, 0) is 20.8 Å². The van der Waals surface area contributed by atoms with Crippen molar-refractivity contribution in [3.8, 4) is 0 Å². The van der Waals surface area contributed by atoms with E-state index in [1.807, 2.05) is 0 Å². The van der Waals surface area contributed by atoms with E-state index in [1.165, 1.54) is 17.4 Å². The number of nitrogens with zero attached hydrogens (tertiary/aromatic N) is 3. The molecule has 1 aliphatic rings. The van der Waals surface area contributed by atoms with Gasteiger partial charge in [-0.2, -0.15) is 0 Å². The molecule has 11 heteroatoms. The number of anilines is 2. The maximum atomic E-state index is 13.0. The van der Waals surface area contributed by atoms with Gasteiger partial charge in [-0.3, -0.25) is 14.4 Å². The minimum atomic E-state index is -0.246. The molecule has 2 N–H and O–H groups in total. The molecule has 1 aliphatic heterocycles. The van der Waals surface area contributed by atoms with Crippen LogP contribution in [0.4, 0.5) is 10.8 Å². The molecule has 39 heavy (non-hydrogen) atoms. The Morgan fingerprint density at radius 2 is 1.92 bits per heavy atom. The van der Waals surface area contributed by atoms with Crippen LogP contribution < -0.4 is 10.6 Å². The highest BCUT2D eigenvalue weighted by Crippen LogP contribution is 2.32. The Balaban J connectivity index is 1.24. The van der Waals surface area contributed by atoms with Gasteiger partial charge in [0.25, 0.3) is 5.91 Å². The van der Waals surface area contributed by atoms with Gasteiger partial charge in [0.1, 0.15) is 5.76 Å². The van der Waals surface area contributed by atoms with E-state index in [4.69, 9.17) is 4.42 Å². The molecule has 0 atom stereocenters. The lowest BCUT2D eigenvalue weighted by Gasteiger charge is -2.31. The zero-order chi connectivity index (χ0) is 28.0. The van der Waals surface area contributed by atoms with Crippen molar-refractivity contribution < 1.29 is 18.8 Å². The van der Waals surface area contributed by atoms with Gasteiger partial charge in [0.15, 0.2) is 5.13 Å². The molecule has 0 bridgehead atoms. The minimum Gasteiger partial charge on any atom is -0.444 e. The Kier molecular flexibility index (Phi) is 9.24. The molecule has 1 fully saturated rings. The molecule has 0 spiro atoms. The van der Waals surface area contributed by atoms with Gasteiger partial charge in [-0.15, -0.1) is 11.8 Å². The number of allylic oxidation sites excluding steroid dienone is 1. The van der Waals surface area contributed by atoms with Crippen molar-refractivity contribution in [2.75, 3.05) is 23.7 Å². The van der Waals surface area contributed by atoms with Gasteiger partial charge in [0.05, 0.1) is 22.4 Å². The first-order chi connectivity index (χ1) is 18.6. The third-order valence-corrected chi connectivity index (χ3v) is 8.29. The van der Waals surface area contributed by atoms with Crippen LogP contribution in [0.5, 0.6) is 0 Å². The van der Waals surface area contributed by atoms with Crippen LogP contribution in [0.3, 0.4) is 0 Å². The van der Waals surface area contributed by atoms with Crippen LogP contribution in [0.1, 0.15) is 62.5 Å². The van der Waals surface area contributed by atoms with E-state index < -0.39 is 0 Å². The second-order valence-corrected chi connectivity index (χ2v) is 12.6. The minimum absolute atomic E-state index is 0.0794. The van der Waals surface area contributed by atoms with E-state index in [-0.39, 0.29) is 29.1 Å². The molecule has 206 valence electrons. The van der Waals surface area contributed by atoms with E-state index in [0.29, 0.717) is 54.0 Å². The Morgan fingerprint density at radius 1 is 1.15 bits per heavy atom. The zero-order valence-corrected chi connectivity index (χ0v) is 24.2. The summed E-state index contributed by atoms with van der Waals surface area (Å²) in [5.74, 6) is 1.47. The number of nitrogens with one attached hydrogen (secondary N) is 2. The number of thiazole rings is 1. The molecule has 0 aliphatic carbocycles. The van der Waals surface area contributed by atoms with Gasteiger partial charge in [-0.05, 0) is 44.0 Å². The average Bonchev–Trinajstić information content (AvgIpc) is 3.57. The predicted octanol–water partition coefficient (Wildman–Crippen LogP) is 5.73. The highest BCUT2D eigenvalue weighted by Gasteiger charge is 2.28. The summed E-state index contributed by atoms with van der Waals surface area (Å²) in [5.41, 5.74) is 0.981. The number of hydrogen-bond donors (Lipinski definition) is 2. The molecule has 0 unspecified atom stereocenters. The molecule has 1 saturated heterocycles. The van der Waals surface area contributed by atoms with E-state index in [0.717, 1.165) is 9.97 Å². The van der Waals surface area contributed by atoms with Gasteiger partial charge in [0.2, 0.25) is 17.7 Å². The molecule has 2 aromatic heterocycles. The highest BCUT2D eigenvalue weighted by atomic mass is 32.2. The number of amides is 3. The molecule has 1 aromatic carbocycles. The highest BCUT2D eigenvalue weighted by molar-refractivity contribution is 8.00. The number of thioether (sulfide) groups is 1. The fourth-order valence-corrected chi connectivity index (χ4v) is 5.77. The number of aromatic nitrogens is 2. The lowest BCUT2D eigenvalue weighted by Crippen LogP contribution is -2.41. The lowest BCUT2D eigenvalue weighted by molar-refractivity contribution is -0.121. The van der Waals surface area contributed by atoms with E-state index in [1.54, 1.807) is 66.3 Å². The van der Waals surface area contributed by atoms with E-state index in [2.05, 4.69) is 41.4 Å². The average molecular weight is 568 g/mol. The van der Waals surface area contributed by atoms with Crippen LogP contribution in [0.15, 0.2) is 57.4 Å². The number of carbonyl (C=O) groups is 3. The SMILES string of the molecule is C/C=C/C(=O)Nc1cccc(C(=O)N2CCC(C(=O)Nc3ncc(SCc4ncc(C(C)(C)C)o4)s3)CC2)c1. The number of piperidine rings is 1. The van der Waals surface area contributed by atoms with Gasteiger partial charge >= 0.3 is 0 Å². The van der Waals surface area contributed by atoms with Crippen molar-refractivity contribution in [1.82, 2.24) is 14.9 Å². The summed E-state index contributed by atoms with van der Waals surface area (Å²) in [6.07, 6.45) is 7.74. The van der Waals surface area contributed by atoms with Crippen LogP contribution >= 0.6 is 23.1 Å². The number of benzene rings is 1. The number of rotatable bonds is 8. The smallest absolute Gasteiger partial charge is 0.253 e. The molecule has 9 nitrogen and oxygen atoms in total. The summed E-state index contributed by atoms with van der Waals surface area (Å²) < 4.78 is 6.80. The van der Waals surface area contributed by atoms with Gasteiger partial charge < -0.3 is 20.0 Å². The van der Waals surface area contributed by atoms with Gasteiger partial charge in [0, 0.05) is 35.7 Å². The molecular formula is C28H33N5O4S2. The number of carbonyl (C=O) groups excluding carboxylic acids is 3. The van der Waals surface area contributed by atoms with Crippen molar-refractivity contribution >= 4 is 51.6 Å². The van der Waals surface area contributed by atoms with Crippen LogP contribution in [0, 0.1) is 5.92 Å². The predicted molar refractivity (Wildman–Crippen MR) is 154 cm³/mol. The van der Waals surface area contributed by atoms with Crippen LogP contribution in [0.2, 0.25) is 0 Å². The Bertz CT molecular complexity index is 1350. The maximum Gasteiger partial charge on any atom is 0.253 e. The lowest BCUT2D eigenvalue weighted by atomic mass is 9.94. The molecule has 3 amide bonds. The number of oxazole rings is 1. The quantitative estimate of drug-likeness (QED) is 0.264. The molecule has 4 rings (SSSR count). The Hall–Kier alpha value is -3.44. The van der Waals surface area contributed by atoms with Gasteiger partial charge in [-0.25, -0.2) is 9.97 Å². The van der Waals surface area contributed by atoms with Crippen molar-refractivity contribution in [3.05, 3.63) is 66.0 Å². The van der Waals surface area contributed by atoms with Crippen molar-refractivity contribution in [3.63, 3.8) is 0 Å². The summed E-state index contributed by atoms with van der Waals surface area (Å²) in [4.78, 5) is 48.2. The normalized spacial score (nSPS) is 14.5. The monoisotopic (exact) mass is 567 g/mol. The Labute approximate surface area is 236 Å². The summed E-state index contributed by atoms with van der Waals surface area (Å²) >= 11 is 2.99. The second kappa shape index (κ2) is 12.6. The largest absolute Gasteiger partial charge is 0.444 e. The van der Waals surface area contributed by atoms with Gasteiger partial charge in [-0.1, -0.05) is 44.3 Å². The second-order valence-electron chi connectivity index (χ2n) is 10.3. The number of hydrogen-bond acceptors (Lipinski definition) is 8. The molecular weight excluding hydrogens is 534 g/mol. The van der Waals surface area contributed by atoms with Crippen LogP contribution in [0.25, 0.3) is 0 Å². The molecule has 3 heterocycles. The van der Waals surface area contributed by atoms with Crippen molar-refractivity contribution in [2.24, 2.45) is 5.92 Å². The van der Waals surface area contributed by atoms with Crippen LogP contribution in [-0.4, -0.2) is 45.7 Å². The molecule has 0 saturated carbocycles. The third-order valence-electron chi connectivity index (χ3n) is 6.19. The molecule has 0 radical (unpaired) electrons. The number of likely N-dealkylation sites (tertiary alicyclic amines) is 1. The Morgan fingerprint density at radius 3 is 2.62 bits per heavy atom. The standard InChI is InChI=1S/C28H33N5O4S2/c1-5-7-22(34)31-20-9-6-8-19(14-20)26(36)33-12-10-18(11-13-33)25(35)32-27-30-16-24(39-27)38-17-23-29-15-21(37-23)28(2,3)4/h5-9,14-16,18H,10-13,17H2,1-4H3,(H,31,34)(H,30,32,35)/b7-5+. The summed E-state index contributed by atoms with van der Waals surface area (Å²) in [6, 6.07) is 6.89. The first-order valence-corrected chi connectivity index (χ1v) is 14.6. The first-order valence-electron chi connectivity index (χ1n) is 12.8. The first kappa shape index (κ1) is 28.6. The van der Waals surface area contributed by atoms with Crippen molar-refractivity contribution in [2.45, 2.75) is 55.9 Å². The topological polar surface area (TPSA) is 117 Å². The maximum absolute atomic E-state index is 13.0.